The summed E-state index contributed by atoms with van der Waals surface area (Å²) in [5.74, 6) is 1.47. The van der Waals surface area contributed by atoms with Crippen molar-refractivity contribution in [2.24, 2.45) is 0 Å². The first-order valence-corrected chi connectivity index (χ1v) is 9.14. The first-order valence-electron chi connectivity index (χ1n) is 8.26. The number of furan rings is 1. The van der Waals surface area contributed by atoms with E-state index < -0.39 is 0 Å². The van der Waals surface area contributed by atoms with Gasteiger partial charge in [0, 0.05) is 12.1 Å². The Balaban J connectivity index is 1.85. The maximum absolute atomic E-state index is 12.9. The average molecular weight is 355 g/mol. The number of carbonyl (C=O) groups excluding carboxylic acids is 1. The highest BCUT2D eigenvalue weighted by Crippen LogP contribution is 2.29. The van der Waals surface area contributed by atoms with E-state index in [1.165, 1.54) is 11.8 Å². The zero-order chi connectivity index (χ0) is 18.0. The Labute approximate surface area is 151 Å². The van der Waals surface area contributed by atoms with Crippen LogP contribution in [0.3, 0.4) is 0 Å². The summed E-state index contributed by atoms with van der Waals surface area (Å²) in [6.45, 7) is 8.60. The maximum atomic E-state index is 12.9. The molecule has 0 aliphatic heterocycles. The molecule has 1 atom stereocenters. The van der Waals surface area contributed by atoms with Crippen LogP contribution in [0, 0.1) is 13.8 Å². The molecule has 1 aromatic carbocycles. The maximum Gasteiger partial charge on any atom is 0.200 e. The summed E-state index contributed by atoms with van der Waals surface area (Å²) in [6.07, 6.45) is 1.61. The molecular formula is C19H21N3O2S. The number of carbonyl (C=O) groups is 1. The van der Waals surface area contributed by atoms with Crippen molar-refractivity contribution in [3.8, 4) is 11.6 Å². The van der Waals surface area contributed by atoms with Gasteiger partial charge < -0.3 is 4.42 Å². The third-order valence-electron chi connectivity index (χ3n) is 4.08. The smallest absolute Gasteiger partial charge is 0.200 e. The van der Waals surface area contributed by atoms with Gasteiger partial charge in [-0.1, -0.05) is 29.5 Å². The number of aromatic nitrogens is 3. The Bertz CT molecular complexity index is 884. The van der Waals surface area contributed by atoms with E-state index in [4.69, 9.17) is 4.42 Å². The predicted molar refractivity (Wildman–Crippen MR) is 99.0 cm³/mol. The molecule has 1 unspecified atom stereocenters. The third-order valence-corrected chi connectivity index (χ3v) is 5.17. The normalized spacial score (nSPS) is 12.3. The molecule has 6 heteroatoms. The lowest BCUT2D eigenvalue weighted by atomic mass is 10.0. The first-order chi connectivity index (χ1) is 12.0. The summed E-state index contributed by atoms with van der Waals surface area (Å²) in [5, 5.41) is 8.97. The van der Waals surface area contributed by atoms with Crippen molar-refractivity contribution in [2.75, 3.05) is 0 Å². The summed E-state index contributed by atoms with van der Waals surface area (Å²) in [4.78, 5) is 12.9. The largest absolute Gasteiger partial charge is 0.461 e. The lowest BCUT2D eigenvalue weighted by Crippen LogP contribution is -2.16. The van der Waals surface area contributed by atoms with Crippen molar-refractivity contribution >= 4 is 17.5 Å². The Kier molecular flexibility index (Phi) is 5.08. The molecule has 3 aromatic rings. The van der Waals surface area contributed by atoms with Gasteiger partial charge in [-0.25, -0.2) is 0 Å². The second-order valence-electron chi connectivity index (χ2n) is 5.97. The molecule has 0 bridgehead atoms. The molecule has 2 aromatic heterocycles. The van der Waals surface area contributed by atoms with Gasteiger partial charge >= 0.3 is 0 Å². The SMILES string of the molecule is CCn1c(SC(C)C(=O)c2cc(C)ccc2C)nnc1-c1ccco1. The molecule has 5 nitrogen and oxygen atoms in total. The van der Waals surface area contributed by atoms with Crippen LogP contribution in [-0.2, 0) is 6.54 Å². The van der Waals surface area contributed by atoms with E-state index in [0.29, 0.717) is 18.1 Å². The van der Waals surface area contributed by atoms with Gasteiger partial charge in [-0.05, 0) is 51.5 Å². The van der Waals surface area contributed by atoms with Crippen LogP contribution in [0.2, 0.25) is 0 Å². The molecule has 0 aliphatic carbocycles. The number of benzene rings is 1. The fourth-order valence-corrected chi connectivity index (χ4v) is 3.66. The fraction of sp³-hybridized carbons (Fsp3) is 0.316. The summed E-state index contributed by atoms with van der Waals surface area (Å²) < 4.78 is 7.40. The van der Waals surface area contributed by atoms with E-state index in [9.17, 15) is 4.79 Å². The Morgan fingerprint density at radius 1 is 1.28 bits per heavy atom. The minimum Gasteiger partial charge on any atom is -0.461 e. The average Bonchev–Trinajstić information content (AvgIpc) is 3.25. The van der Waals surface area contributed by atoms with Crippen LogP contribution in [0.5, 0.6) is 0 Å². The lowest BCUT2D eigenvalue weighted by molar-refractivity contribution is 0.0993. The molecule has 130 valence electrons. The van der Waals surface area contributed by atoms with Crippen LogP contribution in [0.15, 0.2) is 46.2 Å². The molecule has 0 amide bonds. The van der Waals surface area contributed by atoms with Gasteiger partial charge in [-0.3, -0.25) is 9.36 Å². The minimum atomic E-state index is -0.251. The predicted octanol–water partition coefficient (Wildman–Crippen LogP) is 4.54. The van der Waals surface area contributed by atoms with E-state index in [0.717, 1.165) is 21.8 Å². The molecule has 0 aliphatic rings. The summed E-state index contributed by atoms with van der Waals surface area (Å²) in [6, 6.07) is 9.64. The van der Waals surface area contributed by atoms with Crippen LogP contribution in [-0.4, -0.2) is 25.8 Å². The van der Waals surface area contributed by atoms with Crippen LogP contribution in [0.4, 0.5) is 0 Å². The van der Waals surface area contributed by atoms with Crippen LogP contribution < -0.4 is 0 Å². The number of aryl methyl sites for hydroxylation is 2. The van der Waals surface area contributed by atoms with Gasteiger partial charge in [-0.2, -0.15) is 0 Å². The summed E-state index contributed by atoms with van der Waals surface area (Å²) in [5.41, 5.74) is 2.85. The van der Waals surface area contributed by atoms with Crippen molar-refractivity contribution in [1.82, 2.24) is 14.8 Å². The molecular weight excluding hydrogens is 334 g/mol. The zero-order valence-electron chi connectivity index (χ0n) is 14.8. The molecule has 3 rings (SSSR count). The molecule has 0 saturated carbocycles. The first kappa shape index (κ1) is 17.5. The quantitative estimate of drug-likeness (QED) is 0.480. The molecule has 0 saturated heterocycles. The number of nitrogens with zero attached hydrogens (tertiary/aromatic N) is 3. The second kappa shape index (κ2) is 7.27. The Morgan fingerprint density at radius 2 is 2.08 bits per heavy atom. The topological polar surface area (TPSA) is 60.9 Å². The highest BCUT2D eigenvalue weighted by molar-refractivity contribution is 8.00. The number of hydrogen-bond donors (Lipinski definition) is 0. The van der Waals surface area contributed by atoms with Gasteiger partial charge in [0.05, 0.1) is 11.5 Å². The van der Waals surface area contributed by atoms with Gasteiger partial charge in [-0.15, -0.1) is 10.2 Å². The number of hydrogen-bond acceptors (Lipinski definition) is 5. The van der Waals surface area contributed by atoms with E-state index >= 15 is 0 Å². The van der Waals surface area contributed by atoms with Crippen LogP contribution in [0.1, 0.15) is 35.3 Å². The minimum absolute atomic E-state index is 0.108. The molecule has 0 radical (unpaired) electrons. The van der Waals surface area contributed by atoms with Crippen molar-refractivity contribution in [3.05, 3.63) is 53.3 Å². The molecule has 2 heterocycles. The summed E-state index contributed by atoms with van der Waals surface area (Å²) >= 11 is 1.43. The third kappa shape index (κ3) is 3.54. The van der Waals surface area contributed by atoms with Crippen molar-refractivity contribution in [2.45, 2.75) is 44.6 Å². The van der Waals surface area contributed by atoms with E-state index in [2.05, 4.69) is 10.2 Å². The lowest BCUT2D eigenvalue weighted by Gasteiger charge is -2.13. The van der Waals surface area contributed by atoms with Crippen molar-refractivity contribution < 1.29 is 9.21 Å². The van der Waals surface area contributed by atoms with E-state index in [1.807, 2.05) is 62.6 Å². The standard InChI is InChI=1S/C19H21N3O2S/c1-5-22-18(16-7-6-10-24-16)20-21-19(22)25-14(4)17(23)15-11-12(2)8-9-13(15)3/h6-11,14H,5H2,1-4H3. The summed E-state index contributed by atoms with van der Waals surface area (Å²) in [7, 11) is 0. The van der Waals surface area contributed by atoms with Crippen molar-refractivity contribution in [3.63, 3.8) is 0 Å². The zero-order valence-corrected chi connectivity index (χ0v) is 15.6. The highest BCUT2D eigenvalue weighted by atomic mass is 32.2. The molecule has 0 fully saturated rings. The van der Waals surface area contributed by atoms with Crippen LogP contribution >= 0.6 is 11.8 Å². The Morgan fingerprint density at radius 3 is 2.76 bits per heavy atom. The second-order valence-corrected chi connectivity index (χ2v) is 7.28. The van der Waals surface area contributed by atoms with Gasteiger partial charge in [0.1, 0.15) is 0 Å². The van der Waals surface area contributed by atoms with Gasteiger partial charge in [0.15, 0.2) is 22.5 Å². The monoisotopic (exact) mass is 355 g/mol. The van der Waals surface area contributed by atoms with Gasteiger partial charge in [0.2, 0.25) is 0 Å². The highest BCUT2D eigenvalue weighted by Gasteiger charge is 2.23. The number of Topliss-reactive ketones (excluding diaryl/α,β-unsaturated/α-hetero) is 1. The number of rotatable bonds is 6. The molecule has 0 N–H and O–H groups in total. The van der Waals surface area contributed by atoms with E-state index in [1.54, 1.807) is 6.26 Å². The van der Waals surface area contributed by atoms with Crippen molar-refractivity contribution in [1.29, 1.82) is 0 Å². The molecule has 0 spiro atoms. The Hall–Kier alpha value is -2.34. The number of thioether (sulfide) groups is 1. The van der Waals surface area contributed by atoms with Crippen LogP contribution in [0.25, 0.3) is 11.6 Å². The van der Waals surface area contributed by atoms with Gasteiger partial charge in [0.25, 0.3) is 0 Å². The number of ketones is 1. The molecule has 25 heavy (non-hydrogen) atoms. The fourth-order valence-electron chi connectivity index (χ4n) is 2.68. The van der Waals surface area contributed by atoms with E-state index in [-0.39, 0.29) is 11.0 Å².